The van der Waals surface area contributed by atoms with Crippen molar-refractivity contribution in [3.63, 3.8) is 0 Å². The fraction of sp³-hybridized carbons (Fsp3) is 0.133. The average Bonchev–Trinajstić information content (AvgIpc) is 2.37. The van der Waals surface area contributed by atoms with Crippen LogP contribution in [0.3, 0.4) is 0 Å². The molecule has 0 bridgehead atoms. The van der Waals surface area contributed by atoms with Crippen LogP contribution >= 0.6 is 0 Å². The summed E-state index contributed by atoms with van der Waals surface area (Å²) in [5, 5.41) is 2.76. The second-order valence-corrected chi connectivity index (χ2v) is 4.42. The van der Waals surface area contributed by atoms with Gasteiger partial charge in [0.1, 0.15) is 5.82 Å². The Hall–Kier alpha value is -2.36. The molecule has 4 heteroatoms. The molecule has 0 aromatic heterocycles. The first-order chi connectivity index (χ1) is 9.04. The van der Waals surface area contributed by atoms with Crippen molar-refractivity contribution >= 4 is 17.3 Å². The van der Waals surface area contributed by atoms with Gasteiger partial charge in [0.05, 0.1) is 6.42 Å². The lowest BCUT2D eigenvalue weighted by Gasteiger charge is -2.07. The highest BCUT2D eigenvalue weighted by Crippen LogP contribution is 2.17. The number of carbonyl (C=O) groups excluding carboxylic acids is 1. The van der Waals surface area contributed by atoms with E-state index in [1.807, 2.05) is 13.0 Å². The van der Waals surface area contributed by atoms with E-state index in [1.54, 1.807) is 24.3 Å². The third-order valence-corrected chi connectivity index (χ3v) is 2.84. The average molecular weight is 258 g/mol. The lowest BCUT2D eigenvalue weighted by molar-refractivity contribution is -0.115. The number of nitrogen functional groups attached to an aromatic ring is 1. The maximum absolute atomic E-state index is 12.7. The molecule has 0 spiro atoms. The van der Waals surface area contributed by atoms with Gasteiger partial charge in [-0.2, -0.15) is 0 Å². The highest BCUT2D eigenvalue weighted by atomic mass is 19.1. The molecule has 3 nitrogen and oxygen atoms in total. The number of nitrogens with one attached hydrogen (secondary N) is 1. The first kappa shape index (κ1) is 13.1. The molecule has 0 heterocycles. The van der Waals surface area contributed by atoms with Crippen LogP contribution in [0.2, 0.25) is 0 Å². The number of halogens is 1. The summed E-state index contributed by atoms with van der Waals surface area (Å²) in [6.45, 7) is 1.90. The normalized spacial score (nSPS) is 10.2. The van der Waals surface area contributed by atoms with E-state index in [-0.39, 0.29) is 18.1 Å². The Morgan fingerprint density at radius 2 is 1.89 bits per heavy atom. The molecule has 0 aliphatic carbocycles. The van der Waals surface area contributed by atoms with E-state index in [4.69, 9.17) is 5.73 Å². The Bertz CT molecular complexity index is 594. The SMILES string of the molecule is Cc1ccc(NC(=O)Cc2ccc(F)cc2)cc1N. The molecule has 3 N–H and O–H groups in total. The molecule has 0 unspecified atom stereocenters. The molecule has 2 aromatic carbocycles. The van der Waals surface area contributed by atoms with Crippen LogP contribution in [-0.2, 0) is 11.2 Å². The largest absolute Gasteiger partial charge is 0.398 e. The predicted octanol–water partition coefficient (Wildman–Crippen LogP) is 2.90. The van der Waals surface area contributed by atoms with Crippen molar-refractivity contribution in [3.05, 3.63) is 59.4 Å². The van der Waals surface area contributed by atoms with Gasteiger partial charge < -0.3 is 11.1 Å². The highest BCUT2D eigenvalue weighted by Gasteiger charge is 2.05. The molecule has 0 radical (unpaired) electrons. The van der Waals surface area contributed by atoms with Crippen molar-refractivity contribution in [1.82, 2.24) is 0 Å². The molecular weight excluding hydrogens is 243 g/mol. The number of hydrogen-bond donors (Lipinski definition) is 2. The molecule has 0 fully saturated rings. The summed E-state index contributed by atoms with van der Waals surface area (Å²) in [6, 6.07) is 11.2. The Labute approximate surface area is 111 Å². The second-order valence-electron chi connectivity index (χ2n) is 4.42. The van der Waals surface area contributed by atoms with Crippen LogP contribution < -0.4 is 11.1 Å². The number of nitrogens with two attached hydrogens (primary N) is 1. The minimum absolute atomic E-state index is 0.158. The van der Waals surface area contributed by atoms with Crippen molar-refractivity contribution in [2.75, 3.05) is 11.1 Å². The van der Waals surface area contributed by atoms with Crippen molar-refractivity contribution in [2.24, 2.45) is 0 Å². The minimum atomic E-state index is -0.310. The van der Waals surface area contributed by atoms with Crippen LogP contribution in [0.15, 0.2) is 42.5 Å². The number of aryl methyl sites for hydroxylation is 1. The van der Waals surface area contributed by atoms with Crippen LogP contribution in [0.25, 0.3) is 0 Å². The van der Waals surface area contributed by atoms with Crippen molar-refractivity contribution in [1.29, 1.82) is 0 Å². The quantitative estimate of drug-likeness (QED) is 0.832. The van der Waals surface area contributed by atoms with Crippen LogP contribution in [0.4, 0.5) is 15.8 Å². The lowest BCUT2D eigenvalue weighted by Crippen LogP contribution is -2.14. The third kappa shape index (κ3) is 3.55. The fourth-order valence-electron chi connectivity index (χ4n) is 1.71. The molecule has 0 saturated carbocycles. The highest BCUT2D eigenvalue weighted by molar-refractivity contribution is 5.92. The van der Waals surface area contributed by atoms with Gasteiger partial charge in [0.15, 0.2) is 0 Å². The Kier molecular flexibility index (Phi) is 3.80. The summed E-state index contributed by atoms with van der Waals surface area (Å²) in [7, 11) is 0. The molecule has 0 aliphatic heterocycles. The Morgan fingerprint density at radius 3 is 2.53 bits per heavy atom. The lowest BCUT2D eigenvalue weighted by atomic mass is 10.1. The van der Waals surface area contributed by atoms with E-state index in [0.717, 1.165) is 11.1 Å². The smallest absolute Gasteiger partial charge is 0.228 e. The second kappa shape index (κ2) is 5.52. The Balaban J connectivity index is 2.01. The van der Waals surface area contributed by atoms with Gasteiger partial charge >= 0.3 is 0 Å². The topological polar surface area (TPSA) is 55.1 Å². The maximum atomic E-state index is 12.7. The van der Waals surface area contributed by atoms with E-state index >= 15 is 0 Å². The zero-order valence-corrected chi connectivity index (χ0v) is 10.6. The monoisotopic (exact) mass is 258 g/mol. The number of carbonyl (C=O) groups is 1. The van der Waals surface area contributed by atoms with Crippen LogP contribution in [-0.4, -0.2) is 5.91 Å². The maximum Gasteiger partial charge on any atom is 0.228 e. The number of hydrogen-bond acceptors (Lipinski definition) is 2. The molecule has 19 heavy (non-hydrogen) atoms. The standard InChI is InChI=1S/C15H15FN2O/c1-10-2-7-13(9-14(10)17)18-15(19)8-11-3-5-12(16)6-4-11/h2-7,9H,8,17H2,1H3,(H,18,19). The van der Waals surface area contributed by atoms with E-state index < -0.39 is 0 Å². The number of anilines is 2. The number of rotatable bonds is 3. The molecule has 0 atom stereocenters. The van der Waals surface area contributed by atoms with E-state index in [1.165, 1.54) is 12.1 Å². The number of benzene rings is 2. The van der Waals surface area contributed by atoms with Crippen LogP contribution in [0.1, 0.15) is 11.1 Å². The zero-order chi connectivity index (χ0) is 13.8. The van der Waals surface area contributed by atoms with Crippen molar-refractivity contribution < 1.29 is 9.18 Å². The van der Waals surface area contributed by atoms with E-state index in [9.17, 15) is 9.18 Å². The Morgan fingerprint density at radius 1 is 1.21 bits per heavy atom. The van der Waals surface area contributed by atoms with Crippen LogP contribution in [0, 0.1) is 12.7 Å². The predicted molar refractivity (Wildman–Crippen MR) is 74.3 cm³/mol. The molecule has 0 saturated heterocycles. The minimum Gasteiger partial charge on any atom is -0.398 e. The first-order valence-electron chi connectivity index (χ1n) is 5.95. The van der Waals surface area contributed by atoms with E-state index in [0.29, 0.717) is 11.4 Å². The third-order valence-electron chi connectivity index (χ3n) is 2.84. The van der Waals surface area contributed by atoms with E-state index in [2.05, 4.69) is 5.32 Å². The summed E-state index contributed by atoms with van der Waals surface area (Å²) in [6.07, 6.45) is 0.202. The summed E-state index contributed by atoms with van der Waals surface area (Å²) in [4.78, 5) is 11.8. The zero-order valence-electron chi connectivity index (χ0n) is 10.6. The van der Waals surface area contributed by atoms with Gasteiger partial charge in [0.25, 0.3) is 0 Å². The molecule has 98 valence electrons. The first-order valence-corrected chi connectivity index (χ1v) is 5.95. The fourth-order valence-corrected chi connectivity index (χ4v) is 1.71. The molecule has 1 amide bonds. The van der Waals surface area contributed by atoms with Gasteiger partial charge in [0, 0.05) is 11.4 Å². The van der Waals surface area contributed by atoms with Crippen molar-refractivity contribution in [2.45, 2.75) is 13.3 Å². The van der Waals surface area contributed by atoms with Gasteiger partial charge in [-0.3, -0.25) is 4.79 Å². The molecule has 0 aliphatic rings. The number of amides is 1. The van der Waals surface area contributed by atoms with Gasteiger partial charge in [-0.05, 0) is 42.3 Å². The summed E-state index contributed by atoms with van der Waals surface area (Å²) < 4.78 is 12.7. The van der Waals surface area contributed by atoms with Gasteiger partial charge in [-0.25, -0.2) is 4.39 Å². The molecule has 2 aromatic rings. The summed E-state index contributed by atoms with van der Waals surface area (Å²) in [5.74, 6) is -0.467. The van der Waals surface area contributed by atoms with Crippen molar-refractivity contribution in [3.8, 4) is 0 Å². The molecule has 2 rings (SSSR count). The summed E-state index contributed by atoms with van der Waals surface area (Å²) >= 11 is 0. The van der Waals surface area contributed by atoms with Gasteiger partial charge in [-0.1, -0.05) is 18.2 Å². The summed E-state index contributed by atoms with van der Waals surface area (Å²) in [5.41, 5.74) is 8.81. The van der Waals surface area contributed by atoms with Crippen LogP contribution in [0.5, 0.6) is 0 Å². The van der Waals surface area contributed by atoms with Gasteiger partial charge in [0.2, 0.25) is 5.91 Å². The molecular formula is C15H15FN2O. The van der Waals surface area contributed by atoms with Gasteiger partial charge in [-0.15, -0.1) is 0 Å².